The molecule has 0 saturated carbocycles. The lowest BCUT2D eigenvalue weighted by Crippen LogP contribution is -2.50. The van der Waals surface area contributed by atoms with Gasteiger partial charge in [-0.15, -0.1) is 0 Å². The van der Waals surface area contributed by atoms with Crippen LogP contribution in [-0.4, -0.2) is 49.8 Å². The first kappa shape index (κ1) is 20.9. The summed E-state index contributed by atoms with van der Waals surface area (Å²) in [6.07, 6.45) is 1.16. The number of carbonyl (C=O) groups is 1. The Morgan fingerprint density at radius 2 is 2.26 bits per heavy atom. The minimum Gasteiger partial charge on any atom is -0.616 e. The quantitative estimate of drug-likeness (QED) is 0.244. The second-order valence-electron chi connectivity index (χ2n) is 6.05. The molecular formula is C17H21FN4O4S. The Morgan fingerprint density at radius 1 is 1.56 bits per heavy atom. The molecule has 0 aliphatic carbocycles. The van der Waals surface area contributed by atoms with Gasteiger partial charge in [0.1, 0.15) is 29.2 Å². The van der Waals surface area contributed by atoms with Crippen LogP contribution in [0.25, 0.3) is 0 Å². The van der Waals surface area contributed by atoms with Crippen LogP contribution < -0.4 is 10.6 Å². The predicted octanol–water partition coefficient (Wildman–Crippen LogP) is 1.37. The highest BCUT2D eigenvalue weighted by Crippen LogP contribution is 2.28. The first-order chi connectivity index (χ1) is 12.7. The van der Waals surface area contributed by atoms with E-state index in [1.165, 1.54) is 19.1 Å². The third-order valence-corrected chi connectivity index (χ3v) is 5.69. The molecule has 1 unspecified atom stereocenters. The van der Waals surface area contributed by atoms with E-state index in [4.69, 9.17) is 21.0 Å². The van der Waals surface area contributed by atoms with Gasteiger partial charge in [0.15, 0.2) is 5.25 Å². The number of aliphatic hydroxyl groups is 2. The second-order valence-corrected chi connectivity index (χ2v) is 7.71. The highest BCUT2D eigenvalue weighted by atomic mass is 32.2. The fraction of sp³-hybridized carbons (Fsp3) is 0.353. The smallest absolute Gasteiger partial charge is 0.273 e. The highest BCUT2D eigenvalue weighted by Gasteiger charge is 2.37. The van der Waals surface area contributed by atoms with Gasteiger partial charge in [-0.3, -0.25) is 15.6 Å². The van der Waals surface area contributed by atoms with Crippen molar-refractivity contribution in [2.75, 3.05) is 17.7 Å². The van der Waals surface area contributed by atoms with E-state index in [0.717, 1.165) is 12.1 Å². The van der Waals surface area contributed by atoms with Crippen LogP contribution in [0.5, 0.6) is 0 Å². The zero-order chi connectivity index (χ0) is 20.1. The topological polar surface area (TPSA) is 152 Å². The molecule has 0 bridgehead atoms. The van der Waals surface area contributed by atoms with Crippen molar-refractivity contribution in [3.63, 3.8) is 0 Å². The van der Waals surface area contributed by atoms with Gasteiger partial charge in [-0.2, -0.15) is 0 Å². The lowest BCUT2D eigenvalue weighted by molar-refractivity contribution is -0.110. The number of anilines is 1. The summed E-state index contributed by atoms with van der Waals surface area (Å²) in [6, 6.07) is 3.09. The van der Waals surface area contributed by atoms with Crippen molar-refractivity contribution in [3.8, 4) is 0 Å². The molecule has 0 spiro atoms. The average Bonchev–Trinajstić information content (AvgIpc) is 2.59. The van der Waals surface area contributed by atoms with Crippen LogP contribution in [0.2, 0.25) is 0 Å². The highest BCUT2D eigenvalue weighted by molar-refractivity contribution is 7.92. The van der Waals surface area contributed by atoms with Gasteiger partial charge in [-0.05, 0) is 36.3 Å². The van der Waals surface area contributed by atoms with E-state index < -0.39 is 39.9 Å². The summed E-state index contributed by atoms with van der Waals surface area (Å²) in [5.41, 5.74) is -0.109. The fourth-order valence-electron chi connectivity index (χ4n) is 2.66. The van der Waals surface area contributed by atoms with Gasteiger partial charge in [0.05, 0.1) is 5.76 Å². The molecule has 27 heavy (non-hydrogen) atoms. The van der Waals surface area contributed by atoms with Gasteiger partial charge in [0.2, 0.25) is 0 Å². The van der Waals surface area contributed by atoms with Crippen molar-refractivity contribution in [1.29, 1.82) is 10.8 Å². The summed E-state index contributed by atoms with van der Waals surface area (Å²) in [5, 5.41) is 38.2. The standard InChI is InChI=1S/C17H21FN4O4S/c1-9(24)6-13(19)17(25)21-10-2-3-12(18)11(7-10)14-8-27(26)15(4-5-23)16(20)22-14/h2-3,6-7,14-15,19,23-24H,4-5,8H2,1H3,(H2,20,22)(H,21,25)/b9-6-,19-13?/t14-,15+,27?/m0/s1. The minimum absolute atomic E-state index is 0.0298. The van der Waals surface area contributed by atoms with E-state index >= 15 is 0 Å². The number of rotatable bonds is 6. The van der Waals surface area contributed by atoms with E-state index in [1.807, 2.05) is 0 Å². The molecule has 6 N–H and O–H groups in total. The molecule has 0 radical (unpaired) electrons. The van der Waals surface area contributed by atoms with Crippen LogP contribution in [-0.2, 0) is 16.0 Å². The van der Waals surface area contributed by atoms with Crippen molar-refractivity contribution < 1.29 is 24.0 Å². The Morgan fingerprint density at radius 3 is 2.85 bits per heavy atom. The predicted molar refractivity (Wildman–Crippen MR) is 101 cm³/mol. The maximum atomic E-state index is 14.3. The third-order valence-electron chi connectivity index (χ3n) is 3.92. The van der Waals surface area contributed by atoms with Crippen molar-refractivity contribution in [1.82, 2.24) is 5.32 Å². The fourth-order valence-corrected chi connectivity index (χ4v) is 4.18. The van der Waals surface area contributed by atoms with Crippen molar-refractivity contribution >= 4 is 34.3 Å². The molecule has 2 rings (SSSR count). The first-order valence-corrected chi connectivity index (χ1v) is 9.50. The molecule has 10 heteroatoms. The Hall–Kier alpha value is -2.43. The van der Waals surface area contributed by atoms with Gasteiger partial charge in [0.25, 0.3) is 5.91 Å². The molecule has 1 aliphatic heterocycles. The Balaban J connectivity index is 2.18. The van der Waals surface area contributed by atoms with Crippen LogP contribution in [0.15, 0.2) is 30.0 Å². The number of benzene rings is 1. The molecule has 1 saturated heterocycles. The van der Waals surface area contributed by atoms with Crippen molar-refractivity contribution in [2.24, 2.45) is 0 Å². The summed E-state index contributed by atoms with van der Waals surface area (Å²) in [4.78, 5) is 11.9. The molecule has 3 atom stereocenters. The van der Waals surface area contributed by atoms with Gasteiger partial charge in [-0.1, -0.05) is 0 Å². The molecule has 1 aromatic carbocycles. The van der Waals surface area contributed by atoms with Crippen LogP contribution in [0.1, 0.15) is 24.9 Å². The number of carbonyl (C=O) groups excluding carboxylic acids is 1. The number of hydrogen-bond donors (Lipinski definition) is 6. The van der Waals surface area contributed by atoms with E-state index in [1.54, 1.807) is 0 Å². The lowest BCUT2D eigenvalue weighted by Gasteiger charge is -2.33. The molecule has 1 heterocycles. The van der Waals surface area contributed by atoms with Gasteiger partial charge in [-0.25, -0.2) is 4.39 Å². The number of amides is 1. The van der Waals surface area contributed by atoms with Crippen LogP contribution >= 0.6 is 0 Å². The van der Waals surface area contributed by atoms with Crippen molar-refractivity contribution in [2.45, 2.75) is 24.6 Å². The first-order valence-electron chi connectivity index (χ1n) is 8.12. The monoisotopic (exact) mass is 396 g/mol. The normalized spacial score (nSPS) is 22.9. The largest absolute Gasteiger partial charge is 0.616 e. The number of aliphatic hydroxyl groups excluding tert-OH is 2. The number of amidine groups is 1. The molecular weight excluding hydrogens is 375 g/mol. The maximum absolute atomic E-state index is 14.3. The molecule has 1 amide bonds. The molecule has 8 nitrogen and oxygen atoms in total. The van der Waals surface area contributed by atoms with Crippen LogP contribution in [0.3, 0.4) is 0 Å². The molecule has 1 aliphatic rings. The number of nitrogens with one attached hydrogen (secondary N) is 4. The molecule has 1 fully saturated rings. The van der Waals surface area contributed by atoms with Gasteiger partial charge >= 0.3 is 0 Å². The molecule has 0 aromatic heterocycles. The lowest BCUT2D eigenvalue weighted by atomic mass is 10.1. The second kappa shape index (κ2) is 8.98. The molecule has 146 valence electrons. The zero-order valence-corrected chi connectivity index (χ0v) is 15.4. The zero-order valence-electron chi connectivity index (χ0n) is 14.6. The maximum Gasteiger partial charge on any atom is 0.273 e. The van der Waals surface area contributed by atoms with Crippen molar-refractivity contribution in [3.05, 3.63) is 41.4 Å². The summed E-state index contributed by atoms with van der Waals surface area (Å²) in [6.45, 7) is 1.13. The summed E-state index contributed by atoms with van der Waals surface area (Å²) in [5.74, 6) is -1.53. The number of hydrogen-bond acceptors (Lipinski definition) is 6. The Kier molecular flexibility index (Phi) is 6.94. The Bertz CT molecular complexity index is 782. The van der Waals surface area contributed by atoms with E-state index in [-0.39, 0.29) is 41.6 Å². The van der Waals surface area contributed by atoms with Gasteiger partial charge in [0, 0.05) is 30.4 Å². The minimum atomic E-state index is -1.45. The third kappa shape index (κ3) is 5.28. The van der Waals surface area contributed by atoms with Gasteiger partial charge < -0.3 is 25.4 Å². The number of halogens is 1. The van der Waals surface area contributed by atoms with Crippen LogP contribution in [0, 0.1) is 16.6 Å². The van der Waals surface area contributed by atoms with E-state index in [9.17, 15) is 13.7 Å². The summed E-state index contributed by atoms with van der Waals surface area (Å²) >= 11 is -1.45. The molecule has 1 aromatic rings. The summed E-state index contributed by atoms with van der Waals surface area (Å²) in [7, 11) is 0. The summed E-state index contributed by atoms with van der Waals surface area (Å²) < 4.78 is 26.6. The average molecular weight is 396 g/mol. The van der Waals surface area contributed by atoms with E-state index in [0.29, 0.717) is 0 Å². The van der Waals surface area contributed by atoms with E-state index in [2.05, 4.69) is 10.6 Å². The number of allylic oxidation sites excluding steroid dienone is 1. The van der Waals surface area contributed by atoms with Crippen LogP contribution in [0.4, 0.5) is 10.1 Å². The SMILES string of the molecule is C/C(O)=C/C(=N)C(=O)Nc1ccc(F)c([C@@H]2C[S+]([O-])[C@H](CCO)C(=N)N2)c1. The Labute approximate surface area is 158 Å².